The number of hydrogen-bond acceptors (Lipinski definition) is 5. The van der Waals surface area contributed by atoms with Crippen LogP contribution in [0.25, 0.3) is 0 Å². The molecule has 0 aromatic heterocycles. The van der Waals surface area contributed by atoms with E-state index in [1.165, 1.54) is 6.21 Å². The number of hydrogen-bond donors (Lipinski definition) is 2. The monoisotopic (exact) mass is 778 g/mol. The van der Waals surface area contributed by atoms with E-state index in [9.17, 15) is 19.0 Å². The molecule has 312 valence electrons. The molecule has 0 saturated heterocycles. The van der Waals surface area contributed by atoms with Gasteiger partial charge in [-0.1, -0.05) is 124 Å². The van der Waals surface area contributed by atoms with E-state index in [-0.39, 0.29) is 33.1 Å². The Hall–Kier alpha value is -3.45. The molecule has 0 radical (unpaired) electrons. The van der Waals surface area contributed by atoms with Gasteiger partial charge >= 0.3 is 0 Å². The van der Waals surface area contributed by atoms with Crippen LogP contribution in [0.4, 0.5) is 8.78 Å². The summed E-state index contributed by atoms with van der Waals surface area (Å²) in [5.41, 5.74) is 1.82. The number of aliphatic imine (C=N–C) groups is 1. The molecule has 0 aliphatic rings. The predicted molar refractivity (Wildman–Crippen MR) is 230 cm³/mol. The van der Waals surface area contributed by atoms with Crippen molar-refractivity contribution in [2.45, 2.75) is 176 Å². The summed E-state index contributed by atoms with van der Waals surface area (Å²) in [7, 11) is 0. The number of aliphatic hydroxyl groups is 1. The Kier molecular flexibility index (Phi) is 15.1. The lowest BCUT2D eigenvalue weighted by atomic mass is 9.69. The molecule has 1 unspecified atom stereocenters. The Labute approximate surface area is 338 Å². The zero-order valence-electron chi connectivity index (χ0n) is 37.6. The highest BCUT2D eigenvalue weighted by Gasteiger charge is 2.45. The van der Waals surface area contributed by atoms with Gasteiger partial charge < -0.3 is 19.7 Å². The van der Waals surface area contributed by atoms with E-state index in [0.29, 0.717) is 36.8 Å². The standard InChI is InChI=1S/C49H73F2NO4/c1-17-19-21-55-43-36(45(5,6)7)25-33(26-37(43)46(8,9)10)49(54,41(23-31(3)4)52-30-32-24-35(50)29-40(51)42(32)53)34-27-38(47(11,12)13)44(56-22-20-18-2)39(28-34)48(14,15)16/h24-31,41,53-54H,17-23H2,1-16H3. The molecule has 0 aliphatic heterocycles. The van der Waals surface area contributed by atoms with Crippen molar-refractivity contribution >= 4 is 6.21 Å². The maximum Gasteiger partial charge on any atom is 0.168 e. The quantitative estimate of drug-likeness (QED) is 0.119. The van der Waals surface area contributed by atoms with E-state index in [2.05, 4.69) is 135 Å². The number of halogens is 2. The van der Waals surface area contributed by atoms with Crippen LogP contribution >= 0.6 is 0 Å². The van der Waals surface area contributed by atoms with E-state index >= 15 is 0 Å². The van der Waals surface area contributed by atoms with Crippen LogP contribution in [0.2, 0.25) is 0 Å². The smallest absolute Gasteiger partial charge is 0.168 e. The summed E-state index contributed by atoms with van der Waals surface area (Å²) < 4.78 is 42.5. The van der Waals surface area contributed by atoms with Gasteiger partial charge in [-0.25, -0.2) is 8.78 Å². The van der Waals surface area contributed by atoms with Crippen molar-refractivity contribution in [2.24, 2.45) is 10.9 Å². The van der Waals surface area contributed by atoms with Gasteiger partial charge in [0.25, 0.3) is 0 Å². The van der Waals surface area contributed by atoms with Crippen molar-refractivity contribution in [1.82, 2.24) is 0 Å². The molecule has 2 N–H and O–H groups in total. The summed E-state index contributed by atoms with van der Waals surface area (Å²) in [6.45, 7) is 35.5. The normalized spacial score (nSPS) is 13.9. The molecular weight excluding hydrogens is 705 g/mol. The molecule has 3 aromatic carbocycles. The van der Waals surface area contributed by atoms with Crippen molar-refractivity contribution < 1.29 is 28.5 Å². The number of benzene rings is 3. The Bertz CT molecular complexity index is 1660. The van der Waals surface area contributed by atoms with Gasteiger partial charge in [-0.05, 0) is 88.3 Å². The van der Waals surface area contributed by atoms with E-state index in [1.807, 2.05) is 0 Å². The first-order valence-electron chi connectivity index (χ1n) is 20.8. The van der Waals surface area contributed by atoms with Gasteiger partial charge in [0.1, 0.15) is 22.9 Å². The van der Waals surface area contributed by atoms with Gasteiger partial charge in [0.2, 0.25) is 0 Å². The van der Waals surface area contributed by atoms with E-state index < -0.39 is 29.0 Å². The predicted octanol–water partition coefficient (Wildman–Crippen LogP) is 13.0. The van der Waals surface area contributed by atoms with Crippen molar-refractivity contribution in [2.75, 3.05) is 13.2 Å². The fraction of sp³-hybridized carbons (Fsp3) is 0.612. The Morgan fingerprint density at radius 1 is 0.643 bits per heavy atom. The molecule has 0 saturated carbocycles. The maximum absolute atomic E-state index is 14.6. The number of aromatic hydroxyl groups is 1. The largest absolute Gasteiger partial charge is 0.504 e. The lowest BCUT2D eigenvalue weighted by Crippen LogP contribution is -2.42. The molecule has 7 heteroatoms. The van der Waals surface area contributed by atoms with Crippen LogP contribution in [0, 0.1) is 17.6 Å². The molecular formula is C49H73F2NO4. The number of phenolic OH excluding ortho intramolecular Hbond substituents is 1. The number of unbranched alkanes of at least 4 members (excludes halogenated alkanes) is 2. The molecule has 5 nitrogen and oxygen atoms in total. The van der Waals surface area contributed by atoms with Crippen LogP contribution in [0.3, 0.4) is 0 Å². The zero-order valence-corrected chi connectivity index (χ0v) is 37.6. The number of ether oxygens (including phenoxy) is 2. The van der Waals surface area contributed by atoms with Gasteiger partial charge in [-0.15, -0.1) is 0 Å². The molecule has 56 heavy (non-hydrogen) atoms. The summed E-state index contributed by atoms with van der Waals surface area (Å²) in [5.74, 6) is -0.877. The molecule has 3 rings (SSSR count). The van der Waals surface area contributed by atoms with Crippen molar-refractivity contribution in [3.63, 3.8) is 0 Å². The van der Waals surface area contributed by atoms with E-state index in [4.69, 9.17) is 14.5 Å². The molecule has 3 aromatic rings. The van der Waals surface area contributed by atoms with Gasteiger partial charge in [0.15, 0.2) is 11.6 Å². The molecule has 0 fully saturated rings. The zero-order chi connectivity index (χ0) is 42.6. The van der Waals surface area contributed by atoms with Crippen molar-refractivity contribution in [3.05, 3.63) is 87.0 Å². The Balaban J connectivity index is 2.68. The second-order valence-electron chi connectivity index (χ2n) is 20.2. The fourth-order valence-electron chi connectivity index (χ4n) is 7.07. The van der Waals surface area contributed by atoms with Crippen LogP contribution in [0.1, 0.15) is 182 Å². The summed E-state index contributed by atoms with van der Waals surface area (Å²) in [6.07, 6.45) is 5.54. The molecule has 0 aliphatic carbocycles. The first-order chi connectivity index (χ1) is 25.7. The molecule has 0 amide bonds. The van der Waals surface area contributed by atoms with Crippen LogP contribution < -0.4 is 9.47 Å². The lowest BCUT2D eigenvalue weighted by Gasteiger charge is -2.41. The Morgan fingerprint density at radius 2 is 1.02 bits per heavy atom. The number of phenols is 1. The third kappa shape index (κ3) is 11.1. The minimum atomic E-state index is -1.77. The highest BCUT2D eigenvalue weighted by Crippen LogP contribution is 2.49. The minimum Gasteiger partial charge on any atom is -0.504 e. The second-order valence-corrected chi connectivity index (χ2v) is 20.2. The highest BCUT2D eigenvalue weighted by atomic mass is 19.1. The van der Waals surface area contributed by atoms with Crippen molar-refractivity contribution in [3.8, 4) is 17.2 Å². The van der Waals surface area contributed by atoms with Gasteiger partial charge in [0, 0.05) is 40.1 Å². The summed E-state index contributed by atoms with van der Waals surface area (Å²) in [6, 6.07) is 9.18. The number of rotatable bonds is 15. The fourth-order valence-corrected chi connectivity index (χ4v) is 7.07. The van der Waals surface area contributed by atoms with Gasteiger partial charge in [0.05, 0.1) is 19.3 Å². The molecule has 0 spiro atoms. The SMILES string of the molecule is CCCCOc1c(C(C)(C)C)cc(C(O)(c2cc(C(C)(C)C)c(OCCCC)c(C(C)(C)C)c2)C(CC(C)C)N=Cc2cc(F)cc(F)c2O)cc1C(C)(C)C. The first-order valence-corrected chi connectivity index (χ1v) is 20.8. The van der Waals surface area contributed by atoms with Crippen molar-refractivity contribution in [1.29, 1.82) is 0 Å². The second kappa shape index (κ2) is 18.0. The number of nitrogens with zero attached hydrogens (tertiary/aromatic N) is 1. The summed E-state index contributed by atoms with van der Waals surface area (Å²) in [5, 5.41) is 24.8. The molecule has 1 atom stereocenters. The minimum absolute atomic E-state index is 0.0585. The Morgan fingerprint density at radius 3 is 1.34 bits per heavy atom. The average Bonchev–Trinajstić information content (AvgIpc) is 3.06. The van der Waals surface area contributed by atoms with Gasteiger partial charge in [-0.2, -0.15) is 0 Å². The molecule has 0 heterocycles. The van der Waals surface area contributed by atoms with E-state index in [1.54, 1.807) is 0 Å². The lowest BCUT2D eigenvalue weighted by molar-refractivity contribution is 0.0447. The summed E-state index contributed by atoms with van der Waals surface area (Å²) >= 11 is 0. The topological polar surface area (TPSA) is 71.3 Å². The average molecular weight is 778 g/mol. The van der Waals surface area contributed by atoms with Gasteiger partial charge in [-0.3, -0.25) is 4.99 Å². The van der Waals surface area contributed by atoms with Crippen LogP contribution in [-0.4, -0.2) is 35.7 Å². The highest BCUT2D eigenvalue weighted by molar-refractivity contribution is 5.83. The summed E-state index contributed by atoms with van der Waals surface area (Å²) in [4.78, 5) is 5.00. The third-order valence-corrected chi connectivity index (χ3v) is 10.4. The molecule has 0 bridgehead atoms. The van der Waals surface area contributed by atoms with Crippen LogP contribution in [0.15, 0.2) is 41.4 Å². The third-order valence-electron chi connectivity index (χ3n) is 10.4. The first kappa shape index (κ1) is 46.9. The maximum atomic E-state index is 14.6. The van der Waals surface area contributed by atoms with E-state index in [0.717, 1.165) is 65.5 Å². The van der Waals surface area contributed by atoms with Crippen LogP contribution in [-0.2, 0) is 27.3 Å². The van der Waals surface area contributed by atoms with Crippen LogP contribution in [0.5, 0.6) is 17.2 Å².